The molecule has 0 aromatic heterocycles. The van der Waals surface area contributed by atoms with Crippen molar-refractivity contribution in [2.75, 3.05) is 13.7 Å². The Labute approximate surface area is 243 Å². The maximum atomic E-state index is 7.00. The smallest absolute Gasteiger partial charge is 0.0410 e. The van der Waals surface area contributed by atoms with Crippen molar-refractivity contribution < 1.29 is 5.11 Å². The molecule has 218 valence electrons. The summed E-state index contributed by atoms with van der Waals surface area (Å²) in [6.45, 7) is 7.11. The zero-order chi connectivity index (χ0) is 25.7. The predicted molar refractivity (Wildman–Crippen MR) is 177 cm³/mol. The molecule has 0 aliphatic carbocycles. The molecule has 0 saturated heterocycles. The van der Waals surface area contributed by atoms with Crippen LogP contribution in [0.3, 0.4) is 0 Å². The number of nitrogens with zero attached hydrogens (tertiary/aromatic N) is 2. The number of aliphatic hydroxyl groups is 1. The van der Waals surface area contributed by atoms with Gasteiger partial charge in [-0.15, -0.1) is 0 Å². The molecule has 3 N–H and O–H groups in total. The van der Waals surface area contributed by atoms with E-state index in [0.29, 0.717) is 0 Å². The molecule has 0 atom stereocenters. The van der Waals surface area contributed by atoms with Gasteiger partial charge in [0.05, 0.1) is 0 Å². The Kier molecular flexibility index (Phi) is 92.0. The van der Waals surface area contributed by atoms with Gasteiger partial charge in [0.1, 0.15) is 0 Å². The number of allylic oxidation sites excluding steroid dienone is 4. The second-order valence-corrected chi connectivity index (χ2v) is 7.13. The molecule has 0 radical (unpaired) electrons. The molecule has 0 unspecified atom stereocenters. The van der Waals surface area contributed by atoms with Crippen LogP contribution >= 0.6 is 12.8 Å². The minimum Gasteiger partial charge on any atom is -0.400 e. The first-order chi connectivity index (χ1) is 16.3. The molecule has 8 heteroatoms. The van der Waals surface area contributed by atoms with Gasteiger partial charge in [-0.25, -0.2) is 0 Å². The fourth-order valence-electron chi connectivity index (χ4n) is 2.41. The van der Waals surface area contributed by atoms with Crippen LogP contribution in [0.4, 0.5) is 0 Å². The topological polar surface area (TPSA) is 69.0 Å². The van der Waals surface area contributed by atoms with Crippen LogP contribution in [0.2, 0.25) is 0 Å². The van der Waals surface area contributed by atoms with Crippen molar-refractivity contribution in [2.24, 2.45) is 8.73 Å². The summed E-state index contributed by atoms with van der Waals surface area (Å²) in [5, 5.41) is 10.2. The first-order valence-electron chi connectivity index (χ1n) is 12.2. The molecule has 0 amide bonds. The fraction of sp³-hybridized carbons (Fsp3) is 0.714. The first-order valence-corrected chi connectivity index (χ1v) is 13.3. The Morgan fingerprint density at radius 3 is 1.28 bits per heavy atom. The molecule has 0 bridgehead atoms. The highest BCUT2D eigenvalue weighted by Gasteiger charge is 1.88. The number of aliphatic hydroxyl groups excluding tert-OH is 1. The highest BCUT2D eigenvalue weighted by atomic mass is 32.1. The van der Waals surface area contributed by atoms with Crippen molar-refractivity contribution >= 4 is 37.7 Å². The lowest BCUT2D eigenvalue weighted by atomic mass is 10.1. The molecule has 0 aromatic carbocycles. The third-order valence-electron chi connectivity index (χ3n) is 3.95. The van der Waals surface area contributed by atoms with E-state index in [4.69, 9.17) is 5.11 Å². The van der Waals surface area contributed by atoms with Crippen LogP contribution in [0.15, 0.2) is 57.8 Å². The van der Waals surface area contributed by atoms with E-state index in [9.17, 15) is 0 Å². The van der Waals surface area contributed by atoms with Gasteiger partial charge in [-0.05, 0) is 64.5 Å². The normalized spacial score (nSPS) is 9.39. The van der Waals surface area contributed by atoms with Crippen molar-refractivity contribution in [3.8, 4) is 0 Å². The van der Waals surface area contributed by atoms with Gasteiger partial charge in [0.25, 0.3) is 0 Å². The van der Waals surface area contributed by atoms with Gasteiger partial charge in [-0.1, -0.05) is 98.9 Å². The fourth-order valence-corrected chi connectivity index (χ4v) is 2.69. The molecule has 0 rings (SSSR count). The largest absolute Gasteiger partial charge is 0.400 e. The molecule has 0 aromatic rings. The van der Waals surface area contributed by atoms with E-state index in [0.717, 1.165) is 32.9 Å². The number of nitrogens with one attached hydrogen (secondary N) is 2. The Morgan fingerprint density at radius 1 is 0.639 bits per heavy atom. The van der Waals surface area contributed by atoms with Gasteiger partial charge >= 0.3 is 0 Å². The lowest BCUT2D eigenvalue weighted by Gasteiger charge is -1.97. The molecule has 0 heterocycles. The van der Waals surface area contributed by atoms with Crippen LogP contribution in [0, 0.1) is 0 Å². The monoisotopic (exact) mass is 566 g/mol. The molecule has 0 fully saturated rings. The molecular weight excluding hydrogens is 505 g/mol. The minimum atomic E-state index is 0. The van der Waals surface area contributed by atoms with E-state index >= 15 is 0 Å². The van der Waals surface area contributed by atoms with Gasteiger partial charge in [0, 0.05) is 57.1 Å². The average Bonchev–Trinajstić information content (AvgIpc) is 2.86. The summed E-state index contributed by atoms with van der Waals surface area (Å²) in [6.07, 6.45) is 30.4. The van der Waals surface area contributed by atoms with Crippen LogP contribution in [-0.2, 0) is 24.9 Å². The van der Waals surface area contributed by atoms with E-state index < -0.39 is 0 Å². The quantitative estimate of drug-likeness (QED) is 0.0925. The predicted octanol–water partition coefficient (Wildman–Crippen LogP) is 9.76. The molecule has 36 heavy (non-hydrogen) atoms. The molecular formula is C28H62N4OS3. The lowest BCUT2D eigenvalue weighted by molar-refractivity contribution is 0.399. The van der Waals surface area contributed by atoms with Crippen molar-refractivity contribution in [1.82, 2.24) is 10.0 Å². The van der Waals surface area contributed by atoms with Gasteiger partial charge in [0.15, 0.2) is 0 Å². The van der Waals surface area contributed by atoms with Gasteiger partial charge < -0.3 is 15.1 Å². The molecule has 0 aliphatic rings. The molecule has 0 spiro atoms. The van der Waals surface area contributed by atoms with E-state index in [2.05, 4.69) is 75.5 Å². The van der Waals surface area contributed by atoms with E-state index in [-0.39, 0.29) is 22.3 Å². The summed E-state index contributed by atoms with van der Waals surface area (Å²) in [6, 6.07) is 0. The van der Waals surface area contributed by atoms with Crippen molar-refractivity contribution in [1.29, 1.82) is 0 Å². The Balaban J connectivity index is -0.0000000764. The highest BCUT2D eigenvalue weighted by Crippen LogP contribution is 2.07. The van der Waals surface area contributed by atoms with Crippen LogP contribution < -0.4 is 10.0 Å². The molecule has 0 aliphatic heterocycles. The lowest BCUT2D eigenvalue weighted by Crippen LogP contribution is -2.01. The number of unbranched alkanes of at least 4 members (excludes halogenated alkanes) is 10. The zero-order valence-electron chi connectivity index (χ0n) is 21.4. The maximum Gasteiger partial charge on any atom is 0.0410 e. The molecule has 0 saturated carbocycles. The van der Waals surface area contributed by atoms with Gasteiger partial charge in [-0.2, -0.15) is 8.73 Å². The summed E-state index contributed by atoms with van der Waals surface area (Å²) in [5.41, 5.74) is 0. The zero-order valence-corrected chi connectivity index (χ0v) is 23.9. The Bertz CT molecular complexity index is 458. The van der Waals surface area contributed by atoms with Crippen molar-refractivity contribution in [2.45, 2.75) is 120 Å². The number of hydrogen-bond donors (Lipinski definition) is 4. The standard InChI is InChI=1S/C12H22N2S.C10H18N2S2.C2H6.CH4O.3CH4/c1-2-13-11-9-7-5-3-4-6-8-10-12-14-15;13-11-9-7-5-3-1-2-4-6-8-10-12-14;2*1-2;;;/h9-13H,2-8H2,1H3;7-11,13H,1-6H2;1-2H3;2H,1H3;3*1H4. The Morgan fingerprint density at radius 2 is 0.972 bits per heavy atom. The highest BCUT2D eigenvalue weighted by molar-refractivity contribution is 7.78. The second-order valence-electron chi connectivity index (χ2n) is 6.46. The van der Waals surface area contributed by atoms with Crippen LogP contribution in [0.1, 0.15) is 120 Å². The number of thiol groups is 1. The van der Waals surface area contributed by atoms with Crippen LogP contribution in [0.25, 0.3) is 0 Å². The second kappa shape index (κ2) is 64.2. The molecule has 5 nitrogen and oxygen atoms in total. The van der Waals surface area contributed by atoms with E-state index in [1.54, 1.807) is 12.4 Å². The third-order valence-corrected chi connectivity index (χ3v) is 4.34. The van der Waals surface area contributed by atoms with Gasteiger partial charge in [-0.3, -0.25) is 0 Å². The van der Waals surface area contributed by atoms with E-state index in [1.807, 2.05) is 38.4 Å². The summed E-state index contributed by atoms with van der Waals surface area (Å²) >= 11 is 12.7. The summed E-state index contributed by atoms with van der Waals surface area (Å²) in [4.78, 5) is 0. The van der Waals surface area contributed by atoms with Gasteiger partial charge in [0.2, 0.25) is 0 Å². The van der Waals surface area contributed by atoms with Crippen LogP contribution in [-0.4, -0.2) is 18.8 Å². The van der Waals surface area contributed by atoms with Crippen molar-refractivity contribution in [3.05, 3.63) is 49.1 Å². The van der Waals surface area contributed by atoms with E-state index in [1.165, 1.54) is 57.8 Å². The maximum absolute atomic E-state index is 7.00. The third kappa shape index (κ3) is 69.8. The summed E-state index contributed by atoms with van der Waals surface area (Å²) < 4.78 is 9.66. The SMILES string of the molecule is C.C.C.CC.CCNC=CCCCCCCC=CN=S.CO.S=NC=CCCCCCCC=CNS. The number of hydrogen-bond acceptors (Lipinski definition) is 8. The average molecular weight is 567 g/mol. The minimum absolute atomic E-state index is 0. The Hall–Kier alpha value is -1.09. The summed E-state index contributed by atoms with van der Waals surface area (Å²) in [7, 11) is 1.00. The van der Waals surface area contributed by atoms with Crippen LogP contribution in [0.5, 0.6) is 0 Å². The van der Waals surface area contributed by atoms with Crippen molar-refractivity contribution in [3.63, 3.8) is 0 Å². The summed E-state index contributed by atoms with van der Waals surface area (Å²) in [5.74, 6) is 0. The number of rotatable bonds is 19. The first kappa shape index (κ1) is 51.5.